The highest BCUT2D eigenvalue weighted by atomic mass is 32.1. The molecule has 3 aromatic rings. The molecular formula is C16H21N5OS. The SMILES string of the molecule is Cc1c(-c2ccn[nH]2)sc2c(NCCC(C)(C)O)cc(N)nc12. The number of nitrogen functional groups attached to an aromatic ring is 1. The molecule has 0 atom stereocenters. The summed E-state index contributed by atoms with van der Waals surface area (Å²) in [6, 6.07) is 3.79. The Morgan fingerprint density at radius 3 is 2.87 bits per heavy atom. The van der Waals surface area contributed by atoms with E-state index in [9.17, 15) is 5.11 Å². The van der Waals surface area contributed by atoms with Gasteiger partial charge in [-0.1, -0.05) is 0 Å². The monoisotopic (exact) mass is 331 g/mol. The third-order valence-corrected chi connectivity index (χ3v) is 5.04. The molecule has 0 aromatic carbocycles. The maximum atomic E-state index is 9.85. The molecule has 0 radical (unpaired) electrons. The number of nitrogens with zero attached hydrogens (tertiary/aromatic N) is 2. The Hall–Kier alpha value is -2.12. The zero-order valence-electron chi connectivity index (χ0n) is 13.5. The van der Waals surface area contributed by atoms with Crippen molar-refractivity contribution in [1.29, 1.82) is 0 Å². The molecule has 3 aromatic heterocycles. The van der Waals surface area contributed by atoms with Crippen molar-refractivity contribution in [3.63, 3.8) is 0 Å². The van der Waals surface area contributed by atoms with Gasteiger partial charge in [0, 0.05) is 18.8 Å². The van der Waals surface area contributed by atoms with E-state index in [0.717, 1.165) is 32.0 Å². The van der Waals surface area contributed by atoms with Crippen molar-refractivity contribution in [3.8, 4) is 10.6 Å². The van der Waals surface area contributed by atoms with Crippen molar-refractivity contribution in [2.24, 2.45) is 0 Å². The molecule has 0 spiro atoms. The van der Waals surface area contributed by atoms with Crippen molar-refractivity contribution in [1.82, 2.24) is 15.2 Å². The second-order valence-corrected chi connectivity index (χ2v) is 7.31. The van der Waals surface area contributed by atoms with Crippen LogP contribution in [0.2, 0.25) is 0 Å². The standard InChI is InChI=1S/C16H21N5OS/c1-9-13-15(23-14(9)10-4-6-19-21-10)11(8-12(17)20-13)18-7-5-16(2,3)22/h4,6,8,22H,5,7H2,1-3H3,(H,19,21)(H3,17,18,20). The number of H-pyrrole nitrogens is 1. The van der Waals surface area contributed by atoms with Gasteiger partial charge < -0.3 is 16.2 Å². The Labute approximate surface area is 138 Å². The summed E-state index contributed by atoms with van der Waals surface area (Å²) in [6.45, 7) is 6.31. The molecular weight excluding hydrogens is 310 g/mol. The highest BCUT2D eigenvalue weighted by Gasteiger charge is 2.17. The number of anilines is 2. The van der Waals surface area contributed by atoms with E-state index in [2.05, 4.69) is 20.5 Å². The number of pyridine rings is 1. The van der Waals surface area contributed by atoms with Crippen LogP contribution in [0, 0.1) is 6.92 Å². The molecule has 7 heteroatoms. The molecule has 0 aliphatic carbocycles. The van der Waals surface area contributed by atoms with Crippen LogP contribution >= 0.6 is 11.3 Å². The molecule has 0 amide bonds. The first-order chi connectivity index (χ1) is 10.8. The van der Waals surface area contributed by atoms with Crippen LogP contribution in [0.4, 0.5) is 11.5 Å². The Morgan fingerprint density at radius 2 is 2.22 bits per heavy atom. The highest BCUT2D eigenvalue weighted by molar-refractivity contribution is 7.23. The molecule has 0 aliphatic heterocycles. The first kappa shape index (κ1) is 15.8. The summed E-state index contributed by atoms with van der Waals surface area (Å²) in [4.78, 5) is 5.60. The number of aromatic nitrogens is 3. The smallest absolute Gasteiger partial charge is 0.126 e. The van der Waals surface area contributed by atoms with E-state index in [1.165, 1.54) is 0 Å². The molecule has 6 nitrogen and oxygen atoms in total. The number of aromatic amines is 1. The van der Waals surface area contributed by atoms with E-state index in [1.807, 2.05) is 19.1 Å². The number of thiophene rings is 1. The van der Waals surface area contributed by atoms with Crippen LogP contribution in [0.15, 0.2) is 18.3 Å². The zero-order chi connectivity index (χ0) is 16.6. The predicted octanol–water partition coefficient (Wildman–Crippen LogP) is 3.15. The minimum Gasteiger partial charge on any atom is -0.390 e. The molecule has 0 saturated carbocycles. The lowest BCUT2D eigenvalue weighted by atomic mass is 10.1. The minimum atomic E-state index is -0.697. The van der Waals surface area contributed by atoms with Gasteiger partial charge in [-0.15, -0.1) is 11.3 Å². The predicted molar refractivity (Wildman–Crippen MR) is 95.8 cm³/mol. The average molecular weight is 331 g/mol. The highest BCUT2D eigenvalue weighted by Crippen LogP contribution is 2.40. The average Bonchev–Trinajstić information content (AvgIpc) is 3.06. The van der Waals surface area contributed by atoms with Gasteiger partial charge in [0.25, 0.3) is 0 Å². The number of nitrogens with one attached hydrogen (secondary N) is 2. The van der Waals surface area contributed by atoms with E-state index >= 15 is 0 Å². The number of hydrogen-bond donors (Lipinski definition) is 4. The lowest BCUT2D eigenvalue weighted by Crippen LogP contribution is -2.22. The van der Waals surface area contributed by atoms with E-state index < -0.39 is 5.60 Å². The van der Waals surface area contributed by atoms with Crippen LogP contribution in [0.5, 0.6) is 0 Å². The number of nitrogens with two attached hydrogens (primary N) is 1. The van der Waals surface area contributed by atoms with Gasteiger partial charge in [0.15, 0.2) is 0 Å². The molecule has 3 heterocycles. The number of aryl methyl sites for hydroxylation is 1. The van der Waals surface area contributed by atoms with Crippen LogP contribution in [0.25, 0.3) is 20.8 Å². The molecule has 0 fully saturated rings. The third kappa shape index (κ3) is 3.30. The lowest BCUT2D eigenvalue weighted by Gasteiger charge is -2.17. The molecule has 0 aliphatic rings. The summed E-state index contributed by atoms with van der Waals surface area (Å²) in [5.74, 6) is 0.486. The van der Waals surface area contributed by atoms with Crippen LogP contribution in [0.3, 0.4) is 0 Å². The largest absolute Gasteiger partial charge is 0.390 e. The van der Waals surface area contributed by atoms with Gasteiger partial charge in [-0.2, -0.15) is 5.10 Å². The lowest BCUT2D eigenvalue weighted by molar-refractivity contribution is 0.0749. The van der Waals surface area contributed by atoms with Crippen molar-refractivity contribution < 1.29 is 5.11 Å². The topological polar surface area (TPSA) is 99.8 Å². The first-order valence-corrected chi connectivity index (χ1v) is 8.32. The van der Waals surface area contributed by atoms with Gasteiger partial charge in [0.05, 0.1) is 32.1 Å². The second-order valence-electron chi connectivity index (χ2n) is 6.29. The minimum absolute atomic E-state index is 0.486. The van der Waals surface area contributed by atoms with Gasteiger partial charge in [0.1, 0.15) is 5.82 Å². The zero-order valence-corrected chi connectivity index (χ0v) is 14.3. The number of fused-ring (bicyclic) bond motifs is 1. The maximum absolute atomic E-state index is 9.85. The summed E-state index contributed by atoms with van der Waals surface area (Å²) in [5.41, 5.74) is 9.20. The molecule has 23 heavy (non-hydrogen) atoms. The van der Waals surface area contributed by atoms with Gasteiger partial charge in [-0.25, -0.2) is 4.98 Å². The molecule has 3 rings (SSSR count). The Bertz CT molecular complexity index is 817. The van der Waals surface area contributed by atoms with Gasteiger partial charge in [0.2, 0.25) is 0 Å². The van der Waals surface area contributed by atoms with E-state index in [0.29, 0.717) is 18.8 Å². The Morgan fingerprint density at radius 1 is 1.43 bits per heavy atom. The summed E-state index contributed by atoms with van der Waals surface area (Å²) >= 11 is 1.66. The first-order valence-electron chi connectivity index (χ1n) is 7.51. The van der Waals surface area contributed by atoms with Crippen molar-refractivity contribution in [2.45, 2.75) is 32.8 Å². The molecule has 0 unspecified atom stereocenters. The second kappa shape index (κ2) is 5.82. The third-order valence-electron chi connectivity index (χ3n) is 3.69. The Kier molecular flexibility index (Phi) is 3.99. The molecule has 0 bridgehead atoms. The van der Waals surface area contributed by atoms with Crippen molar-refractivity contribution in [2.75, 3.05) is 17.6 Å². The van der Waals surface area contributed by atoms with Crippen molar-refractivity contribution >= 4 is 33.1 Å². The van der Waals surface area contributed by atoms with Crippen LogP contribution in [-0.4, -0.2) is 32.4 Å². The Balaban J connectivity index is 2.00. The quantitative estimate of drug-likeness (QED) is 0.575. The van der Waals surface area contributed by atoms with E-state index in [-0.39, 0.29) is 0 Å². The van der Waals surface area contributed by atoms with Gasteiger partial charge in [-0.05, 0) is 38.8 Å². The summed E-state index contributed by atoms with van der Waals surface area (Å²) in [5, 5.41) is 20.2. The fourth-order valence-electron chi connectivity index (χ4n) is 2.47. The van der Waals surface area contributed by atoms with E-state index in [4.69, 9.17) is 5.73 Å². The fraction of sp³-hybridized carbons (Fsp3) is 0.375. The fourth-order valence-corrected chi connectivity index (χ4v) is 3.68. The van der Waals surface area contributed by atoms with Crippen molar-refractivity contribution in [3.05, 3.63) is 23.9 Å². The van der Waals surface area contributed by atoms with Crippen LogP contribution < -0.4 is 11.1 Å². The normalized spacial score (nSPS) is 12.0. The molecule has 5 N–H and O–H groups in total. The number of hydrogen-bond acceptors (Lipinski definition) is 6. The number of rotatable bonds is 5. The summed E-state index contributed by atoms with van der Waals surface area (Å²) in [7, 11) is 0. The molecule has 0 saturated heterocycles. The van der Waals surface area contributed by atoms with Crippen LogP contribution in [0.1, 0.15) is 25.8 Å². The van der Waals surface area contributed by atoms with E-state index in [1.54, 1.807) is 31.4 Å². The van der Waals surface area contributed by atoms with Gasteiger partial charge in [-0.3, -0.25) is 5.10 Å². The summed E-state index contributed by atoms with van der Waals surface area (Å²) in [6.07, 6.45) is 2.39. The van der Waals surface area contributed by atoms with Crippen LogP contribution in [-0.2, 0) is 0 Å². The van der Waals surface area contributed by atoms with Gasteiger partial charge >= 0.3 is 0 Å². The number of aliphatic hydroxyl groups is 1. The summed E-state index contributed by atoms with van der Waals surface area (Å²) < 4.78 is 1.07. The molecule has 122 valence electrons. The maximum Gasteiger partial charge on any atom is 0.126 e.